The molecule has 1 atom stereocenters. The van der Waals surface area contributed by atoms with Crippen molar-refractivity contribution < 1.29 is 0 Å². The first-order valence-corrected chi connectivity index (χ1v) is 7.18. The number of thiophene rings is 1. The van der Waals surface area contributed by atoms with Crippen molar-refractivity contribution in [2.24, 2.45) is 0 Å². The fraction of sp³-hybridized carbons (Fsp3) is 0.417. The van der Waals surface area contributed by atoms with Crippen molar-refractivity contribution in [2.75, 3.05) is 0 Å². The number of nitrogens with zero attached hydrogens (tertiary/aromatic N) is 2. The molecular formula is C12H13BrN2S. The van der Waals surface area contributed by atoms with Crippen molar-refractivity contribution in [3.8, 4) is 10.6 Å². The Morgan fingerprint density at radius 1 is 1.50 bits per heavy atom. The van der Waals surface area contributed by atoms with Crippen molar-refractivity contribution in [1.29, 1.82) is 0 Å². The van der Waals surface area contributed by atoms with Crippen LogP contribution in [0.4, 0.5) is 0 Å². The number of halogens is 1. The summed E-state index contributed by atoms with van der Waals surface area (Å²) in [6.07, 6.45) is 5.87. The van der Waals surface area contributed by atoms with Crippen LogP contribution >= 0.6 is 27.3 Å². The number of fused-ring (bicyclic) bond motifs is 1. The van der Waals surface area contributed by atoms with E-state index >= 15 is 0 Å². The summed E-state index contributed by atoms with van der Waals surface area (Å²) in [4.78, 5) is 5.99. The monoisotopic (exact) mass is 296 g/mol. The highest BCUT2D eigenvalue weighted by atomic mass is 79.9. The van der Waals surface area contributed by atoms with E-state index in [-0.39, 0.29) is 0 Å². The van der Waals surface area contributed by atoms with Crippen molar-refractivity contribution in [3.63, 3.8) is 0 Å². The van der Waals surface area contributed by atoms with Crippen LogP contribution in [-0.2, 0) is 6.42 Å². The third-order valence-electron chi connectivity index (χ3n) is 3.13. The lowest BCUT2D eigenvalue weighted by Crippen LogP contribution is -2.14. The summed E-state index contributed by atoms with van der Waals surface area (Å²) < 4.78 is 3.51. The van der Waals surface area contributed by atoms with Crippen molar-refractivity contribution in [2.45, 2.75) is 32.2 Å². The molecule has 0 aromatic carbocycles. The largest absolute Gasteiger partial charge is 0.331 e. The second-order valence-electron chi connectivity index (χ2n) is 4.29. The van der Waals surface area contributed by atoms with E-state index in [9.17, 15) is 0 Å². The predicted molar refractivity (Wildman–Crippen MR) is 70.9 cm³/mol. The zero-order chi connectivity index (χ0) is 11.1. The average molecular weight is 297 g/mol. The van der Waals surface area contributed by atoms with Crippen molar-refractivity contribution in [3.05, 3.63) is 27.9 Å². The highest BCUT2D eigenvalue weighted by Crippen LogP contribution is 2.33. The minimum Gasteiger partial charge on any atom is -0.331 e. The van der Waals surface area contributed by atoms with Gasteiger partial charge in [0.2, 0.25) is 0 Å². The maximum Gasteiger partial charge on any atom is 0.109 e. The molecule has 16 heavy (non-hydrogen) atoms. The molecule has 0 fully saturated rings. The van der Waals surface area contributed by atoms with E-state index in [1.807, 2.05) is 0 Å². The molecule has 2 nitrogen and oxygen atoms in total. The van der Waals surface area contributed by atoms with Crippen LogP contribution in [-0.4, -0.2) is 9.55 Å². The second-order valence-corrected chi connectivity index (χ2v) is 6.76. The molecule has 2 aromatic heterocycles. The fourth-order valence-corrected chi connectivity index (χ4v) is 3.60. The van der Waals surface area contributed by atoms with Crippen LogP contribution in [0.1, 0.15) is 31.6 Å². The van der Waals surface area contributed by atoms with E-state index in [1.165, 1.54) is 27.3 Å². The summed E-state index contributed by atoms with van der Waals surface area (Å²) in [7, 11) is 0. The second kappa shape index (κ2) is 4.00. The maximum absolute atomic E-state index is 4.74. The van der Waals surface area contributed by atoms with E-state index in [4.69, 9.17) is 4.98 Å². The van der Waals surface area contributed by atoms with E-state index in [0.717, 1.165) is 12.1 Å². The summed E-state index contributed by atoms with van der Waals surface area (Å²) in [6, 6.07) is 4.82. The molecule has 1 aliphatic heterocycles. The fourth-order valence-electron chi connectivity index (χ4n) is 2.26. The lowest BCUT2D eigenvalue weighted by Gasteiger charge is -2.20. The van der Waals surface area contributed by atoms with Gasteiger partial charge < -0.3 is 4.57 Å². The van der Waals surface area contributed by atoms with Gasteiger partial charge in [-0.05, 0) is 47.8 Å². The van der Waals surface area contributed by atoms with E-state index in [2.05, 4.69) is 45.8 Å². The van der Waals surface area contributed by atoms with E-state index in [0.29, 0.717) is 6.04 Å². The molecule has 84 valence electrons. The van der Waals surface area contributed by atoms with Crippen LogP contribution < -0.4 is 0 Å². The van der Waals surface area contributed by atoms with Gasteiger partial charge in [-0.1, -0.05) is 0 Å². The van der Waals surface area contributed by atoms with Gasteiger partial charge in [0.1, 0.15) is 5.82 Å². The van der Waals surface area contributed by atoms with E-state index < -0.39 is 0 Å². The third-order valence-corrected chi connectivity index (χ3v) is 4.78. The Balaban J connectivity index is 2.04. The van der Waals surface area contributed by atoms with Crippen LogP contribution in [0, 0.1) is 0 Å². The molecule has 3 rings (SSSR count). The first kappa shape index (κ1) is 10.5. The lowest BCUT2D eigenvalue weighted by molar-refractivity contribution is 0.426. The standard InChI is InChI=1S/C12H13BrN2S/c1-8-3-2-4-12-14-9(7-15(8)12)10-5-6-11(13)16-10/h5-8H,2-4H2,1H3/t8-/m0/s1. The molecule has 3 heterocycles. The summed E-state index contributed by atoms with van der Waals surface area (Å²) in [6.45, 7) is 2.28. The lowest BCUT2D eigenvalue weighted by atomic mass is 10.1. The molecule has 0 saturated carbocycles. The molecule has 0 bridgehead atoms. The maximum atomic E-state index is 4.74. The Hall–Kier alpha value is -0.610. The zero-order valence-corrected chi connectivity index (χ0v) is 11.5. The smallest absolute Gasteiger partial charge is 0.109 e. The molecule has 1 aliphatic rings. The summed E-state index contributed by atoms with van der Waals surface area (Å²) >= 11 is 5.24. The summed E-state index contributed by atoms with van der Waals surface area (Å²) in [5.74, 6) is 1.25. The number of rotatable bonds is 1. The van der Waals surface area contributed by atoms with Gasteiger partial charge in [0.05, 0.1) is 14.4 Å². The number of hydrogen-bond acceptors (Lipinski definition) is 2. The highest BCUT2D eigenvalue weighted by Gasteiger charge is 2.18. The molecule has 0 aliphatic carbocycles. The van der Waals surface area contributed by atoms with Crippen LogP contribution in [0.25, 0.3) is 10.6 Å². The average Bonchev–Trinajstić information content (AvgIpc) is 2.84. The Morgan fingerprint density at radius 3 is 3.06 bits per heavy atom. The minimum absolute atomic E-state index is 0.605. The quantitative estimate of drug-likeness (QED) is 0.768. The van der Waals surface area contributed by atoms with Crippen LogP contribution in [0.3, 0.4) is 0 Å². The van der Waals surface area contributed by atoms with Gasteiger partial charge in [0, 0.05) is 18.7 Å². The molecular weight excluding hydrogens is 284 g/mol. The molecule has 4 heteroatoms. The Kier molecular flexibility index (Phi) is 2.64. The Morgan fingerprint density at radius 2 is 2.38 bits per heavy atom. The van der Waals surface area contributed by atoms with Crippen LogP contribution in [0.5, 0.6) is 0 Å². The predicted octanol–water partition coefficient (Wildman–Crippen LogP) is 4.27. The molecule has 0 N–H and O–H groups in total. The first-order chi connectivity index (χ1) is 7.74. The van der Waals surface area contributed by atoms with Gasteiger partial charge in [-0.3, -0.25) is 0 Å². The number of hydrogen-bond donors (Lipinski definition) is 0. The van der Waals surface area contributed by atoms with Crippen LogP contribution in [0.15, 0.2) is 22.1 Å². The van der Waals surface area contributed by atoms with Gasteiger partial charge in [0.25, 0.3) is 0 Å². The summed E-state index contributed by atoms with van der Waals surface area (Å²) in [5, 5.41) is 0. The number of aromatic nitrogens is 2. The topological polar surface area (TPSA) is 17.8 Å². The molecule has 0 spiro atoms. The first-order valence-electron chi connectivity index (χ1n) is 5.57. The number of aryl methyl sites for hydroxylation is 1. The van der Waals surface area contributed by atoms with Gasteiger partial charge in [-0.15, -0.1) is 11.3 Å². The van der Waals surface area contributed by atoms with Crippen LogP contribution in [0.2, 0.25) is 0 Å². The molecule has 0 radical (unpaired) electrons. The van der Waals surface area contributed by atoms with Gasteiger partial charge in [-0.25, -0.2) is 4.98 Å². The SMILES string of the molecule is C[C@H]1CCCc2nc(-c3ccc(Br)s3)cn21. The Labute approximate surface area is 107 Å². The highest BCUT2D eigenvalue weighted by molar-refractivity contribution is 9.11. The van der Waals surface area contributed by atoms with Gasteiger partial charge in [0.15, 0.2) is 0 Å². The normalized spacial score (nSPS) is 19.8. The number of imidazole rings is 1. The Bertz CT molecular complexity index is 515. The van der Waals surface area contributed by atoms with Gasteiger partial charge in [-0.2, -0.15) is 0 Å². The molecule has 0 amide bonds. The minimum atomic E-state index is 0.605. The zero-order valence-electron chi connectivity index (χ0n) is 9.11. The van der Waals surface area contributed by atoms with Gasteiger partial charge >= 0.3 is 0 Å². The molecule has 2 aromatic rings. The summed E-state index contributed by atoms with van der Waals surface area (Å²) in [5.41, 5.74) is 1.12. The third kappa shape index (κ3) is 1.74. The van der Waals surface area contributed by atoms with Crippen molar-refractivity contribution >= 4 is 27.3 Å². The molecule has 0 saturated heterocycles. The van der Waals surface area contributed by atoms with E-state index in [1.54, 1.807) is 11.3 Å². The molecule has 0 unspecified atom stereocenters. The van der Waals surface area contributed by atoms with Crippen molar-refractivity contribution in [1.82, 2.24) is 9.55 Å².